The number of imidazole rings is 1. The lowest BCUT2D eigenvalue weighted by Crippen LogP contribution is -2.10. The van der Waals surface area contributed by atoms with Crippen molar-refractivity contribution in [2.75, 3.05) is 7.11 Å². The molecule has 90 valence electrons. The molecule has 0 radical (unpaired) electrons. The molecule has 0 fully saturated rings. The second-order valence-corrected chi connectivity index (χ2v) is 3.80. The molecule has 0 aliphatic rings. The number of methoxy groups -OCH3 is 1. The molecular weight excluding hydrogens is 221 g/mol. The summed E-state index contributed by atoms with van der Waals surface area (Å²) in [6, 6.07) is 4.57. The van der Waals surface area contributed by atoms with Gasteiger partial charge in [0.1, 0.15) is 0 Å². The molecule has 17 heavy (non-hydrogen) atoms. The van der Waals surface area contributed by atoms with Gasteiger partial charge in [-0.05, 0) is 19.1 Å². The molecule has 0 bridgehead atoms. The van der Waals surface area contributed by atoms with Gasteiger partial charge < -0.3 is 15.0 Å². The molecule has 0 spiro atoms. The molecule has 0 saturated carbocycles. The van der Waals surface area contributed by atoms with Crippen LogP contribution in [-0.2, 0) is 0 Å². The van der Waals surface area contributed by atoms with E-state index in [0.29, 0.717) is 5.69 Å². The van der Waals surface area contributed by atoms with Gasteiger partial charge in [0.05, 0.1) is 31.0 Å². The fraction of sp³-hybridized carbons (Fsp3) is 0.250. The zero-order chi connectivity index (χ0) is 12.4. The van der Waals surface area contributed by atoms with Gasteiger partial charge in [-0.25, -0.2) is 9.37 Å². The van der Waals surface area contributed by atoms with Gasteiger partial charge in [0.15, 0.2) is 11.6 Å². The predicted octanol–water partition coefficient (Wildman–Crippen LogP) is 2.04. The fourth-order valence-electron chi connectivity index (χ4n) is 1.66. The average Bonchev–Trinajstić information content (AvgIpc) is 2.77. The van der Waals surface area contributed by atoms with Gasteiger partial charge in [-0.3, -0.25) is 0 Å². The van der Waals surface area contributed by atoms with Gasteiger partial charge in [-0.15, -0.1) is 0 Å². The highest BCUT2D eigenvalue weighted by Crippen LogP contribution is 2.22. The van der Waals surface area contributed by atoms with Gasteiger partial charge in [0, 0.05) is 12.1 Å². The Kier molecular flexibility index (Phi) is 3.10. The number of halogens is 1. The maximum Gasteiger partial charge on any atom is 0.167 e. The lowest BCUT2D eigenvalue weighted by Gasteiger charge is -2.11. The van der Waals surface area contributed by atoms with Crippen molar-refractivity contribution in [2.24, 2.45) is 5.73 Å². The minimum Gasteiger partial charge on any atom is -0.494 e. The second kappa shape index (κ2) is 4.55. The summed E-state index contributed by atoms with van der Waals surface area (Å²) in [5.41, 5.74) is 7.31. The maximum absolute atomic E-state index is 13.6. The first-order valence-corrected chi connectivity index (χ1v) is 5.25. The Labute approximate surface area is 98.8 Å². The van der Waals surface area contributed by atoms with Crippen molar-refractivity contribution in [1.82, 2.24) is 9.55 Å². The summed E-state index contributed by atoms with van der Waals surface area (Å²) >= 11 is 0. The minimum atomic E-state index is -0.408. The van der Waals surface area contributed by atoms with E-state index in [4.69, 9.17) is 10.5 Å². The number of nitrogens with two attached hydrogens (primary N) is 1. The number of nitrogens with zero attached hydrogens (tertiary/aromatic N) is 2. The number of benzene rings is 1. The summed E-state index contributed by atoms with van der Waals surface area (Å²) in [6.07, 6.45) is 3.28. The first-order chi connectivity index (χ1) is 8.13. The molecular formula is C12H14FN3O. The van der Waals surface area contributed by atoms with E-state index in [1.54, 1.807) is 29.2 Å². The van der Waals surface area contributed by atoms with E-state index in [9.17, 15) is 4.39 Å². The fourth-order valence-corrected chi connectivity index (χ4v) is 1.66. The average molecular weight is 235 g/mol. The Balaban J connectivity index is 2.46. The molecule has 1 atom stereocenters. The Bertz CT molecular complexity index is 522. The summed E-state index contributed by atoms with van der Waals surface area (Å²) in [5.74, 6) is -0.189. The number of hydrogen-bond acceptors (Lipinski definition) is 3. The van der Waals surface area contributed by atoms with Crippen LogP contribution in [-0.4, -0.2) is 16.7 Å². The monoisotopic (exact) mass is 235 g/mol. The topological polar surface area (TPSA) is 53.1 Å². The third kappa shape index (κ3) is 2.14. The lowest BCUT2D eigenvalue weighted by molar-refractivity contribution is 0.386. The van der Waals surface area contributed by atoms with Crippen molar-refractivity contribution in [3.05, 3.63) is 42.2 Å². The molecule has 2 rings (SSSR count). The van der Waals surface area contributed by atoms with Crippen LogP contribution < -0.4 is 10.5 Å². The van der Waals surface area contributed by atoms with Crippen LogP contribution in [0, 0.1) is 5.82 Å². The molecule has 4 nitrogen and oxygen atoms in total. The van der Waals surface area contributed by atoms with Gasteiger partial charge in [-0.1, -0.05) is 0 Å². The first kappa shape index (κ1) is 11.6. The van der Waals surface area contributed by atoms with Crippen molar-refractivity contribution in [1.29, 1.82) is 0 Å². The third-order valence-corrected chi connectivity index (χ3v) is 2.55. The molecule has 5 heteroatoms. The number of ether oxygens (including phenoxy) is 1. The number of hydrogen-bond donors (Lipinski definition) is 1. The van der Waals surface area contributed by atoms with Crippen LogP contribution in [0.3, 0.4) is 0 Å². The highest BCUT2D eigenvalue weighted by atomic mass is 19.1. The quantitative estimate of drug-likeness (QED) is 0.885. The Morgan fingerprint density at radius 2 is 2.24 bits per heavy atom. The van der Waals surface area contributed by atoms with Crippen molar-refractivity contribution < 1.29 is 9.13 Å². The van der Waals surface area contributed by atoms with Crippen LogP contribution in [0.1, 0.15) is 18.7 Å². The van der Waals surface area contributed by atoms with Crippen LogP contribution in [0.5, 0.6) is 5.75 Å². The molecule has 1 heterocycles. The van der Waals surface area contributed by atoms with Crippen LogP contribution in [0.4, 0.5) is 4.39 Å². The van der Waals surface area contributed by atoms with E-state index in [2.05, 4.69) is 4.98 Å². The Hall–Kier alpha value is -1.88. The van der Waals surface area contributed by atoms with Gasteiger partial charge >= 0.3 is 0 Å². The lowest BCUT2D eigenvalue weighted by atomic mass is 10.2. The molecule has 1 aromatic carbocycles. The summed E-state index contributed by atoms with van der Waals surface area (Å²) in [5, 5.41) is 0. The van der Waals surface area contributed by atoms with Gasteiger partial charge in [0.25, 0.3) is 0 Å². The highest BCUT2D eigenvalue weighted by Gasteiger charge is 2.10. The van der Waals surface area contributed by atoms with E-state index in [1.807, 2.05) is 6.92 Å². The molecule has 2 aromatic rings. The largest absolute Gasteiger partial charge is 0.494 e. The zero-order valence-electron chi connectivity index (χ0n) is 9.72. The van der Waals surface area contributed by atoms with Crippen LogP contribution in [0.15, 0.2) is 30.7 Å². The van der Waals surface area contributed by atoms with E-state index in [1.165, 1.54) is 13.2 Å². The van der Waals surface area contributed by atoms with Gasteiger partial charge in [-0.2, -0.15) is 0 Å². The third-order valence-electron chi connectivity index (χ3n) is 2.55. The molecule has 0 unspecified atom stereocenters. The number of rotatable bonds is 3. The van der Waals surface area contributed by atoms with E-state index < -0.39 is 5.82 Å². The van der Waals surface area contributed by atoms with Crippen molar-refractivity contribution in [2.45, 2.75) is 13.0 Å². The standard InChI is InChI=1S/C12H14FN3O/c1-8(14)11-6-15-7-16(11)9-3-4-12(17-2)10(13)5-9/h3-8H,14H2,1-2H3/t8-/m0/s1. The predicted molar refractivity (Wildman–Crippen MR) is 62.7 cm³/mol. The van der Waals surface area contributed by atoms with Crippen LogP contribution >= 0.6 is 0 Å². The summed E-state index contributed by atoms with van der Waals surface area (Å²) in [4.78, 5) is 4.02. The zero-order valence-corrected chi connectivity index (χ0v) is 9.72. The van der Waals surface area contributed by atoms with Crippen molar-refractivity contribution in [3.63, 3.8) is 0 Å². The smallest absolute Gasteiger partial charge is 0.167 e. The maximum atomic E-state index is 13.6. The summed E-state index contributed by atoms with van der Waals surface area (Å²) < 4.78 is 20.2. The van der Waals surface area contributed by atoms with Gasteiger partial charge in [0.2, 0.25) is 0 Å². The van der Waals surface area contributed by atoms with Crippen molar-refractivity contribution >= 4 is 0 Å². The molecule has 0 aliphatic carbocycles. The molecule has 0 amide bonds. The first-order valence-electron chi connectivity index (χ1n) is 5.25. The molecule has 1 aromatic heterocycles. The second-order valence-electron chi connectivity index (χ2n) is 3.80. The summed E-state index contributed by atoms with van der Waals surface area (Å²) in [6.45, 7) is 1.85. The SMILES string of the molecule is COc1ccc(-n2cncc2[C@H](C)N)cc1F. The number of aromatic nitrogens is 2. The molecule has 0 saturated heterocycles. The highest BCUT2D eigenvalue weighted by molar-refractivity contribution is 5.40. The molecule has 2 N–H and O–H groups in total. The summed E-state index contributed by atoms with van der Waals surface area (Å²) in [7, 11) is 1.43. The van der Waals surface area contributed by atoms with Crippen molar-refractivity contribution in [3.8, 4) is 11.4 Å². The van der Waals surface area contributed by atoms with E-state index in [0.717, 1.165) is 5.69 Å². The van der Waals surface area contributed by atoms with E-state index in [-0.39, 0.29) is 11.8 Å². The Morgan fingerprint density at radius 3 is 2.82 bits per heavy atom. The minimum absolute atomic E-state index is 0.164. The van der Waals surface area contributed by atoms with E-state index >= 15 is 0 Å². The normalized spacial score (nSPS) is 12.5. The Morgan fingerprint density at radius 1 is 1.47 bits per heavy atom. The van der Waals surface area contributed by atoms with Crippen LogP contribution in [0.25, 0.3) is 5.69 Å². The molecule has 0 aliphatic heterocycles. The van der Waals surface area contributed by atoms with Crippen LogP contribution in [0.2, 0.25) is 0 Å².